The van der Waals surface area contributed by atoms with Crippen LogP contribution < -0.4 is 11.5 Å². The summed E-state index contributed by atoms with van der Waals surface area (Å²) in [6.45, 7) is 3.44. The van der Waals surface area contributed by atoms with Crippen molar-refractivity contribution in [3.05, 3.63) is 11.3 Å². The molecule has 8 heavy (non-hydrogen) atoms. The van der Waals surface area contributed by atoms with E-state index >= 15 is 0 Å². The zero-order valence-electron chi connectivity index (χ0n) is 5.15. The lowest BCUT2D eigenvalue weighted by molar-refractivity contribution is 1.23. The fourth-order valence-electron chi connectivity index (χ4n) is 0.212. The minimum Gasteiger partial charge on any atom is -0.402 e. The van der Waals surface area contributed by atoms with Gasteiger partial charge in [-0.1, -0.05) is 0 Å². The fourth-order valence-corrected chi connectivity index (χ4v) is 0.212. The highest BCUT2D eigenvalue weighted by Crippen LogP contribution is 1.93. The molecule has 0 fully saturated rings. The van der Waals surface area contributed by atoms with Crippen LogP contribution in [0.1, 0.15) is 13.8 Å². The van der Waals surface area contributed by atoms with E-state index in [1.54, 1.807) is 13.8 Å². The van der Waals surface area contributed by atoms with Crippen LogP contribution in [0.4, 0.5) is 0 Å². The predicted octanol–water partition coefficient (Wildman–Crippen LogP) is 0.175. The fraction of sp³-hybridized carbons (Fsp3) is 0.400. The summed E-state index contributed by atoms with van der Waals surface area (Å²) in [5, 5.41) is 6.87. The molecule has 0 radical (unpaired) electrons. The van der Waals surface area contributed by atoms with Crippen LogP contribution in [0.3, 0.4) is 0 Å². The number of amidine groups is 1. The molecule has 3 nitrogen and oxygen atoms in total. The summed E-state index contributed by atoms with van der Waals surface area (Å²) < 4.78 is 0. The molecule has 0 aliphatic rings. The van der Waals surface area contributed by atoms with Crippen molar-refractivity contribution in [2.45, 2.75) is 13.8 Å². The van der Waals surface area contributed by atoms with Crippen molar-refractivity contribution in [2.24, 2.45) is 11.5 Å². The molecule has 0 saturated heterocycles. The number of hydrogen-bond acceptors (Lipinski definition) is 2. The standard InChI is InChI=1S/C5H11N3/c1-3(4(2)6)5(7)8/h6H2,1-2H3,(H3,7,8). The van der Waals surface area contributed by atoms with Crippen LogP contribution in [0.2, 0.25) is 0 Å². The Bertz CT molecular complexity index is 131. The van der Waals surface area contributed by atoms with Gasteiger partial charge < -0.3 is 11.5 Å². The quantitative estimate of drug-likeness (QED) is 0.335. The molecule has 46 valence electrons. The van der Waals surface area contributed by atoms with Crippen LogP contribution in [-0.2, 0) is 0 Å². The second-order valence-corrected chi connectivity index (χ2v) is 1.72. The average molecular weight is 113 g/mol. The van der Waals surface area contributed by atoms with Crippen LogP contribution in [0, 0.1) is 5.41 Å². The summed E-state index contributed by atoms with van der Waals surface area (Å²) in [5.74, 6) is 0.0463. The Balaban J connectivity index is 4.23. The van der Waals surface area contributed by atoms with E-state index < -0.39 is 0 Å². The first-order valence-electron chi connectivity index (χ1n) is 2.33. The summed E-state index contributed by atoms with van der Waals surface area (Å²) in [7, 11) is 0. The summed E-state index contributed by atoms with van der Waals surface area (Å²) >= 11 is 0. The number of rotatable bonds is 1. The lowest BCUT2D eigenvalue weighted by Crippen LogP contribution is -2.14. The molecule has 0 amide bonds. The average Bonchev–Trinajstić information content (AvgIpc) is 1.64. The molecule has 3 heteroatoms. The maximum atomic E-state index is 6.87. The zero-order chi connectivity index (χ0) is 6.73. The van der Waals surface area contributed by atoms with Crippen LogP contribution in [0.25, 0.3) is 0 Å². The number of hydrogen-bond donors (Lipinski definition) is 3. The second-order valence-electron chi connectivity index (χ2n) is 1.72. The summed E-state index contributed by atoms with van der Waals surface area (Å²) in [4.78, 5) is 0. The third-order valence-electron chi connectivity index (χ3n) is 0.996. The first-order chi connectivity index (χ1) is 3.55. The minimum atomic E-state index is 0.0463. The van der Waals surface area contributed by atoms with Crippen molar-refractivity contribution in [1.82, 2.24) is 0 Å². The molecule has 0 aliphatic heterocycles. The van der Waals surface area contributed by atoms with E-state index in [0.29, 0.717) is 11.3 Å². The van der Waals surface area contributed by atoms with Gasteiger partial charge in [-0.2, -0.15) is 0 Å². The van der Waals surface area contributed by atoms with Crippen molar-refractivity contribution in [2.75, 3.05) is 0 Å². The third kappa shape index (κ3) is 1.64. The molecule has 0 aromatic carbocycles. The maximum Gasteiger partial charge on any atom is 0.120 e. The van der Waals surface area contributed by atoms with Gasteiger partial charge in [0.05, 0.1) is 0 Å². The summed E-state index contributed by atoms with van der Waals surface area (Å²) in [6, 6.07) is 0. The van der Waals surface area contributed by atoms with E-state index in [0.717, 1.165) is 0 Å². The molecule has 0 heterocycles. The highest BCUT2D eigenvalue weighted by Gasteiger charge is 1.92. The molecular formula is C5H11N3. The van der Waals surface area contributed by atoms with E-state index in [4.69, 9.17) is 16.9 Å². The molecule has 0 rings (SSSR count). The number of nitrogens with one attached hydrogen (secondary N) is 1. The Morgan fingerprint density at radius 1 is 1.25 bits per heavy atom. The van der Waals surface area contributed by atoms with Gasteiger partial charge in [-0.15, -0.1) is 0 Å². The van der Waals surface area contributed by atoms with Gasteiger partial charge >= 0.3 is 0 Å². The van der Waals surface area contributed by atoms with E-state index in [-0.39, 0.29) is 5.84 Å². The molecule has 0 aliphatic carbocycles. The molecule has 0 atom stereocenters. The van der Waals surface area contributed by atoms with Gasteiger partial charge in [0.15, 0.2) is 0 Å². The third-order valence-corrected chi connectivity index (χ3v) is 0.996. The lowest BCUT2D eigenvalue weighted by atomic mass is 10.2. The van der Waals surface area contributed by atoms with Crippen molar-refractivity contribution < 1.29 is 0 Å². The molecule has 0 saturated carbocycles. The van der Waals surface area contributed by atoms with Gasteiger partial charge in [-0.25, -0.2) is 0 Å². The molecule has 0 aromatic rings. The smallest absolute Gasteiger partial charge is 0.120 e. The van der Waals surface area contributed by atoms with Crippen LogP contribution in [0.15, 0.2) is 11.3 Å². The van der Waals surface area contributed by atoms with Gasteiger partial charge in [0.1, 0.15) is 5.84 Å². The zero-order valence-corrected chi connectivity index (χ0v) is 5.15. The Hall–Kier alpha value is -0.990. The Labute approximate surface area is 48.9 Å². The van der Waals surface area contributed by atoms with Gasteiger partial charge in [0.25, 0.3) is 0 Å². The van der Waals surface area contributed by atoms with Crippen molar-refractivity contribution in [1.29, 1.82) is 5.41 Å². The van der Waals surface area contributed by atoms with Crippen molar-refractivity contribution in [3.63, 3.8) is 0 Å². The topological polar surface area (TPSA) is 75.9 Å². The SMILES string of the molecule is CC(N)=C(C)C(=N)N. The lowest BCUT2D eigenvalue weighted by Gasteiger charge is -1.97. The maximum absolute atomic E-state index is 6.87. The van der Waals surface area contributed by atoms with Crippen LogP contribution in [0.5, 0.6) is 0 Å². The molecule has 0 unspecified atom stereocenters. The van der Waals surface area contributed by atoms with E-state index in [2.05, 4.69) is 0 Å². The van der Waals surface area contributed by atoms with Gasteiger partial charge in [-0.05, 0) is 13.8 Å². The van der Waals surface area contributed by atoms with Crippen molar-refractivity contribution in [3.8, 4) is 0 Å². The van der Waals surface area contributed by atoms with Crippen molar-refractivity contribution >= 4 is 5.84 Å². The molecule has 0 spiro atoms. The summed E-state index contributed by atoms with van der Waals surface area (Å²) in [6.07, 6.45) is 0. The second kappa shape index (κ2) is 2.35. The molecule has 0 aromatic heterocycles. The molecular weight excluding hydrogens is 102 g/mol. The molecule has 5 N–H and O–H groups in total. The van der Waals surface area contributed by atoms with E-state index in [1.165, 1.54) is 0 Å². The van der Waals surface area contributed by atoms with Gasteiger partial charge in [0.2, 0.25) is 0 Å². The van der Waals surface area contributed by atoms with Crippen LogP contribution in [-0.4, -0.2) is 5.84 Å². The largest absolute Gasteiger partial charge is 0.402 e. The monoisotopic (exact) mass is 113 g/mol. The number of allylic oxidation sites excluding steroid dienone is 1. The first-order valence-corrected chi connectivity index (χ1v) is 2.33. The summed E-state index contributed by atoms with van der Waals surface area (Å²) in [5.41, 5.74) is 11.6. The van der Waals surface area contributed by atoms with Crippen LogP contribution >= 0.6 is 0 Å². The predicted molar refractivity (Wildman–Crippen MR) is 34.5 cm³/mol. The number of nitrogens with two attached hydrogens (primary N) is 2. The minimum absolute atomic E-state index is 0.0463. The normalized spacial score (nSPS) is 12.8. The van der Waals surface area contributed by atoms with E-state index in [9.17, 15) is 0 Å². The Morgan fingerprint density at radius 3 is 1.62 bits per heavy atom. The Morgan fingerprint density at radius 2 is 1.62 bits per heavy atom. The Kier molecular flexibility index (Phi) is 2.06. The van der Waals surface area contributed by atoms with E-state index in [1.807, 2.05) is 0 Å². The van der Waals surface area contributed by atoms with Gasteiger partial charge in [-0.3, -0.25) is 5.41 Å². The highest BCUT2D eigenvalue weighted by atomic mass is 14.7. The molecule has 0 bridgehead atoms. The highest BCUT2D eigenvalue weighted by molar-refractivity contribution is 5.94. The van der Waals surface area contributed by atoms with Gasteiger partial charge in [0, 0.05) is 11.3 Å². The first kappa shape index (κ1) is 7.01.